The minimum atomic E-state index is -0.107. The molecule has 6 aliphatic rings. The number of amides is 1. The number of carbonyl (C=O) groups excluding carboxylic acids is 2. The number of methoxy groups -OCH3 is 1. The summed E-state index contributed by atoms with van der Waals surface area (Å²) >= 11 is 0. The molecule has 6 rings (SSSR count). The SMILES string of the molecule is CNC(=O)C12C3C4C1C1C2C3C41C(=O)OC. The topological polar surface area (TPSA) is 55.4 Å². The zero-order chi connectivity index (χ0) is 11.0. The third kappa shape index (κ3) is 0.328. The van der Waals surface area contributed by atoms with Gasteiger partial charge in [0.05, 0.1) is 17.9 Å². The molecule has 16 heavy (non-hydrogen) atoms. The number of carbonyl (C=O) groups is 2. The van der Waals surface area contributed by atoms with Crippen LogP contribution in [-0.4, -0.2) is 26.0 Å². The second-order valence-electron chi connectivity index (χ2n) is 6.09. The molecular formula is C12H13NO3. The van der Waals surface area contributed by atoms with Crippen molar-refractivity contribution < 1.29 is 14.3 Å². The van der Waals surface area contributed by atoms with Crippen molar-refractivity contribution in [2.45, 2.75) is 0 Å². The van der Waals surface area contributed by atoms with E-state index in [9.17, 15) is 9.59 Å². The van der Waals surface area contributed by atoms with Gasteiger partial charge in [-0.25, -0.2) is 0 Å². The third-order valence-corrected chi connectivity index (χ3v) is 6.79. The average Bonchev–Trinajstić information content (AvgIpc) is 2.36. The first-order chi connectivity index (χ1) is 7.69. The first-order valence-electron chi connectivity index (χ1n) is 6.00. The monoisotopic (exact) mass is 219 g/mol. The van der Waals surface area contributed by atoms with Gasteiger partial charge >= 0.3 is 5.97 Å². The maximum atomic E-state index is 11.9. The molecule has 0 spiro atoms. The molecule has 0 aromatic heterocycles. The summed E-state index contributed by atoms with van der Waals surface area (Å²) in [6, 6.07) is 0. The Labute approximate surface area is 92.7 Å². The molecule has 1 N–H and O–H groups in total. The lowest BCUT2D eigenvalue weighted by Gasteiger charge is -3.09. The molecule has 0 aliphatic heterocycles. The van der Waals surface area contributed by atoms with Crippen LogP contribution in [0.1, 0.15) is 0 Å². The molecule has 6 saturated carbocycles. The normalized spacial score (nSPS) is 68.4. The highest BCUT2D eigenvalue weighted by Gasteiger charge is 3.13. The van der Waals surface area contributed by atoms with Gasteiger partial charge in [-0.05, 0) is 35.5 Å². The molecule has 0 aromatic carbocycles. The summed E-state index contributed by atoms with van der Waals surface area (Å²) in [6.07, 6.45) is 0. The molecule has 0 aromatic rings. The van der Waals surface area contributed by atoms with Crippen molar-refractivity contribution in [2.24, 2.45) is 46.3 Å². The smallest absolute Gasteiger partial charge is 0.312 e. The van der Waals surface area contributed by atoms with Crippen molar-refractivity contribution in [3.63, 3.8) is 0 Å². The van der Waals surface area contributed by atoms with Gasteiger partial charge in [0.15, 0.2) is 0 Å². The molecular weight excluding hydrogens is 206 g/mol. The first kappa shape index (κ1) is 8.09. The Kier molecular flexibility index (Phi) is 0.865. The fourth-order valence-electron chi connectivity index (χ4n) is 6.78. The van der Waals surface area contributed by atoms with Gasteiger partial charge in [0.25, 0.3) is 0 Å². The van der Waals surface area contributed by atoms with Crippen molar-refractivity contribution in [3.05, 3.63) is 0 Å². The van der Waals surface area contributed by atoms with Crippen molar-refractivity contribution in [1.82, 2.24) is 5.32 Å². The molecule has 84 valence electrons. The average molecular weight is 219 g/mol. The molecule has 4 heteroatoms. The van der Waals surface area contributed by atoms with Crippen LogP contribution in [0.15, 0.2) is 0 Å². The van der Waals surface area contributed by atoms with E-state index in [1.54, 1.807) is 7.05 Å². The van der Waals surface area contributed by atoms with Gasteiger partial charge in [0, 0.05) is 7.05 Å². The van der Waals surface area contributed by atoms with E-state index in [1.165, 1.54) is 7.11 Å². The van der Waals surface area contributed by atoms with Crippen molar-refractivity contribution in [2.75, 3.05) is 14.2 Å². The van der Waals surface area contributed by atoms with Crippen LogP contribution in [0.4, 0.5) is 0 Å². The van der Waals surface area contributed by atoms with Crippen LogP contribution in [0.25, 0.3) is 0 Å². The predicted octanol–water partition coefficient (Wildman–Crippen LogP) is -0.357. The molecule has 0 radical (unpaired) electrons. The van der Waals surface area contributed by atoms with Gasteiger partial charge in [0.2, 0.25) is 5.91 Å². The minimum absolute atomic E-state index is 0.00135. The minimum Gasteiger partial charge on any atom is -0.469 e. The summed E-state index contributed by atoms with van der Waals surface area (Å²) in [5, 5.41) is 2.80. The highest BCUT2D eigenvalue weighted by molar-refractivity contribution is 5.98. The molecule has 4 nitrogen and oxygen atoms in total. The van der Waals surface area contributed by atoms with Gasteiger partial charge in [0.1, 0.15) is 0 Å². The van der Waals surface area contributed by atoms with Crippen molar-refractivity contribution in [1.29, 1.82) is 0 Å². The number of ether oxygens (including phenoxy) is 1. The van der Waals surface area contributed by atoms with Crippen molar-refractivity contribution in [3.8, 4) is 0 Å². The zero-order valence-electron chi connectivity index (χ0n) is 9.19. The third-order valence-electron chi connectivity index (χ3n) is 6.79. The largest absolute Gasteiger partial charge is 0.469 e. The number of hydrogen-bond acceptors (Lipinski definition) is 3. The van der Waals surface area contributed by atoms with Crippen LogP contribution in [0, 0.1) is 46.3 Å². The van der Waals surface area contributed by atoms with E-state index in [2.05, 4.69) is 5.32 Å². The number of hydrogen-bond donors (Lipinski definition) is 1. The maximum Gasteiger partial charge on any atom is 0.312 e. The molecule has 1 amide bonds. The highest BCUT2D eigenvalue weighted by atomic mass is 16.5. The zero-order valence-corrected chi connectivity index (χ0v) is 9.19. The van der Waals surface area contributed by atoms with Gasteiger partial charge in [-0.3, -0.25) is 9.59 Å². The number of nitrogens with one attached hydrogen (secondary N) is 1. The molecule has 0 atom stereocenters. The number of esters is 1. The van der Waals surface area contributed by atoms with Crippen LogP contribution in [0.5, 0.6) is 0 Å². The van der Waals surface area contributed by atoms with E-state index in [4.69, 9.17) is 4.74 Å². The van der Waals surface area contributed by atoms with Crippen LogP contribution in [0.2, 0.25) is 0 Å². The lowest BCUT2D eigenvalue weighted by molar-refractivity contribution is -0.626. The summed E-state index contributed by atoms with van der Waals surface area (Å²) < 4.78 is 4.94. The van der Waals surface area contributed by atoms with Gasteiger partial charge in [-0.1, -0.05) is 0 Å². The second kappa shape index (κ2) is 1.71. The Balaban J connectivity index is 1.54. The van der Waals surface area contributed by atoms with E-state index >= 15 is 0 Å². The molecule has 0 unspecified atom stereocenters. The fourth-order valence-corrected chi connectivity index (χ4v) is 6.78. The quantitative estimate of drug-likeness (QED) is 0.645. The molecule has 6 aliphatic carbocycles. The van der Waals surface area contributed by atoms with E-state index in [0.717, 1.165) is 0 Å². The van der Waals surface area contributed by atoms with Gasteiger partial charge < -0.3 is 10.1 Å². The second-order valence-corrected chi connectivity index (χ2v) is 6.09. The summed E-state index contributed by atoms with van der Waals surface area (Å²) in [7, 11) is 3.21. The fraction of sp³-hybridized carbons (Fsp3) is 0.833. The molecule has 0 saturated heterocycles. The Bertz CT molecular complexity index is 385. The highest BCUT2D eigenvalue weighted by Crippen LogP contribution is 3.10. The molecule has 6 fully saturated rings. The van der Waals surface area contributed by atoms with E-state index in [-0.39, 0.29) is 22.7 Å². The van der Waals surface area contributed by atoms with Crippen LogP contribution in [0.3, 0.4) is 0 Å². The van der Waals surface area contributed by atoms with Gasteiger partial charge in [-0.15, -0.1) is 0 Å². The Morgan fingerprint density at radius 2 is 1.44 bits per heavy atom. The van der Waals surface area contributed by atoms with E-state index < -0.39 is 0 Å². The summed E-state index contributed by atoms with van der Waals surface area (Å²) in [4.78, 5) is 23.7. The lowest BCUT2D eigenvalue weighted by Crippen LogP contribution is -3.12. The first-order valence-corrected chi connectivity index (χ1v) is 6.00. The van der Waals surface area contributed by atoms with Crippen LogP contribution >= 0.6 is 0 Å². The molecule has 0 heterocycles. The Hall–Kier alpha value is -1.06. The van der Waals surface area contributed by atoms with Crippen molar-refractivity contribution >= 4 is 11.9 Å². The van der Waals surface area contributed by atoms with Crippen LogP contribution < -0.4 is 5.32 Å². The Morgan fingerprint density at radius 1 is 1.00 bits per heavy atom. The predicted molar refractivity (Wildman–Crippen MR) is 51.9 cm³/mol. The van der Waals surface area contributed by atoms with E-state index in [0.29, 0.717) is 35.5 Å². The lowest BCUT2D eigenvalue weighted by atomic mass is 8.92. The van der Waals surface area contributed by atoms with E-state index in [1.807, 2.05) is 0 Å². The standard InChI is InChI=1S/C12H13NO3/c1-13-9(14)11-3-6-4(11)8-5(11)7(3)12(6,8)10(15)16-2/h3-8H,1-2H3,(H,13,14). The summed E-state index contributed by atoms with van der Waals surface area (Å²) in [5.74, 6) is 3.28. The molecule has 0 bridgehead atoms. The Morgan fingerprint density at radius 3 is 1.81 bits per heavy atom. The summed E-state index contributed by atoms with van der Waals surface area (Å²) in [6.45, 7) is 0. The van der Waals surface area contributed by atoms with Crippen LogP contribution in [-0.2, 0) is 14.3 Å². The van der Waals surface area contributed by atoms with Gasteiger partial charge in [-0.2, -0.15) is 0 Å². The maximum absolute atomic E-state index is 11.9. The number of rotatable bonds is 2. The summed E-state index contributed by atoms with van der Waals surface area (Å²) in [5.41, 5.74) is -0.130.